The molecule has 2 heterocycles. The predicted molar refractivity (Wildman–Crippen MR) is 111 cm³/mol. The highest BCUT2D eigenvalue weighted by Gasteiger charge is 2.39. The number of esters is 1. The Bertz CT molecular complexity index is 1040. The van der Waals surface area contributed by atoms with Gasteiger partial charge in [0.2, 0.25) is 11.8 Å². The number of rotatable bonds is 6. The van der Waals surface area contributed by atoms with Crippen molar-refractivity contribution in [2.75, 3.05) is 11.5 Å². The van der Waals surface area contributed by atoms with Crippen molar-refractivity contribution in [3.8, 4) is 0 Å². The number of ether oxygens (including phenoxy) is 1. The lowest BCUT2D eigenvalue weighted by atomic mass is 10.2. The Labute approximate surface area is 171 Å². The van der Waals surface area contributed by atoms with Gasteiger partial charge in [0.1, 0.15) is 5.82 Å². The number of aromatic nitrogens is 2. The summed E-state index contributed by atoms with van der Waals surface area (Å²) in [5, 5.41) is -0.458. The van der Waals surface area contributed by atoms with E-state index < -0.39 is 11.2 Å². The highest BCUT2D eigenvalue weighted by molar-refractivity contribution is 7.99. The number of para-hydroxylation sites is 2. The van der Waals surface area contributed by atoms with Crippen LogP contribution >= 0.6 is 11.8 Å². The lowest BCUT2D eigenvalue weighted by Crippen LogP contribution is -2.31. The van der Waals surface area contributed by atoms with Crippen LogP contribution in [0.5, 0.6) is 0 Å². The number of anilines is 1. The second-order valence-corrected chi connectivity index (χ2v) is 7.73. The molecule has 0 saturated carbocycles. The van der Waals surface area contributed by atoms with Crippen molar-refractivity contribution in [3.63, 3.8) is 0 Å². The molecule has 0 spiro atoms. The number of nitrogens with one attached hydrogen (secondary N) is 1. The van der Waals surface area contributed by atoms with Gasteiger partial charge in [0.05, 0.1) is 39.9 Å². The highest BCUT2D eigenvalue weighted by Crippen LogP contribution is 2.31. The summed E-state index contributed by atoms with van der Waals surface area (Å²) in [5.41, 5.74) is 2.66. The van der Waals surface area contributed by atoms with Crippen molar-refractivity contribution >= 4 is 46.3 Å². The molecule has 1 saturated heterocycles. The normalized spacial score (nSPS) is 16.6. The number of hydrogen-bond acceptors (Lipinski definition) is 6. The maximum Gasteiger partial charge on any atom is 0.338 e. The first-order valence-corrected chi connectivity index (χ1v) is 10.3. The Balaban J connectivity index is 1.43. The number of H-pyrrole nitrogens is 1. The largest absolute Gasteiger partial charge is 0.462 e. The van der Waals surface area contributed by atoms with Gasteiger partial charge < -0.3 is 9.72 Å². The van der Waals surface area contributed by atoms with E-state index in [1.165, 1.54) is 16.7 Å². The maximum atomic E-state index is 12.8. The fourth-order valence-electron chi connectivity index (χ4n) is 3.22. The van der Waals surface area contributed by atoms with Crippen LogP contribution in [0.3, 0.4) is 0 Å². The maximum absolute atomic E-state index is 12.8. The molecule has 2 amide bonds. The van der Waals surface area contributed by atoms with E-state index in [9.17, 15) is 14.4 Å². The topological polar surface area (TPSA) is 92.4 Å². The Morgan fingerprint density at radius 3 is 2.69 bits per heavy atom. The molecule has 148 valence electrons. The smallest absolute Gasteiger partial charge is 0.338 e. The number of carbonyl (C=O) groups is 3. The molecule has 0 unspecified atom stereocenters. The first-order chi connectivity index (χ1) is 14.1. The van der Waals surface area contributed by atoms with Gasteiger partial charge >= 0.3 is 5.97 Å². The summed E-state index contributed by atoms with van der Waals surface area (Å²) < 4.78 is 4.95. The van der Waals surface area contributed by atoms with Gasteiger partial charge in [0.15, 0.2) is 0 Å². The van der Waals surface area contributed by atoms with Crippen LogP contribution in [0.2, 0.25) is 0 Å². The van der Waals surface area contributed by atoms with E-state index in [1.54, 1.807) is 31.2 Å². The molecular formula is C21H19N3O4S. The fourth-order valence-corrected chi connectivity index (χ4v) is 4.22. The van der Waals surface area contributed by atoms with Crippen LogP contribution < -0.4 is 4.90 Å². The standard InChI is InChI=1S/C21H19N3O4S/c1-2-28-21(27)13-7-9-14(10-8-13)24-19(25)11-17(20(24)26)29-12-18-22-15-5-3-4-6-16(15)23-18/h3-10,17H,2,11-12H2,1H3,(H,22,23)/t17-/m0/s1. The predicted octanol–water partition coefficient (Wildman–Crippen LogP) is 3.30. The zero-order valence-corrected chi connectivity index (χ0v) is 16.6. The molecule has 1 N–H and O–H groups in total. The van der Waals surface area contributed by atoms with E-state index in [2.05, 4.69) is 9.97 Å². The molecule has 0 bridgehead atoms. The van der Waals surface area contributed by atoms with Crippen molar-refractivity contribution in [3.05, 3.63) is 59.9 Å². The van der Waals surface area contributed by atoms with Gasteiger partial charge in [-0.15, -0.1) is 11.8 Å². The molecule has 1 aliphatic rings. The Hall–Kier alpha value is -3.13. The number of nitrogens with zero attached hydrogens (tertiary/aromatic N) is 2. The van der Waals surface area contributed by atoms with E-state index in [0.29, 0.717) is 17.0 Å². The average Bonchev–Trinajstić information content (AvgIpc) is 3.26. The molecule has 8 heteroatoms. The molecule has 0 aliphatic carbocycles. The Kier molecular flexibility index (Phi) is 5.35. The number of amides is 2. The average molecular weight is 409 g/mol. The van der Waals surface area contributed by atoms with Crippen LogP contribution in [0.25, 0.3) is 11.0 Å². The number of imide groups is 1. The Morgan fingerprint density at radius 1 is 1.21 bits per heavy atom. The SMILES string of the molecule is CCOC(=O)c1ccc(N2C(=O)C[C@H](SCc3nc4ccccc4[nH]3)C2=O)cc1. The molecule has 29 heavy (non-hydrogen) atoms. The third-order valence-corrected chi connectivity index (χ3v) is 5.81. The molecule has 0 radical (unpaired) electrons. The highest BCUT2D eigenvalue weighted by atomic mass is 32.2. The van der Waals surface area contributed by atoms with Crippen LogP contribution in [0.15, 0.2) is 48.5 Å². The van der Waals surface area contributed by atoms with E-state index in [1.807, 2.05) is 24.3 Å². The summed E-state index contributed by atoms with van der Waals surface area (Å²) in [7, 11) is 0. The molecule has 4 rings (SSSR count). The minimum absolute atomic E-state index is 0.142. The minimum Gasteiger partial charge on any atom is -0.462 e. The fraction of sp³-hybridized carbons (Fsp3) is 0.238. The summed E-state index contributed by atoms with van der Waals surface area (Å²) in [6.07, 6.45) is 0.142. The lowest BCUT2D eigenvalue weighted by molar-refractivity contribution is -0.121. The minimum atomic E-state index is -0.458. The van der Waals surface area contributed by atoms with Crippen molar-refractivity contribution in [2.24, 2.45) is 0 Å². The van der Waals surface area contributed by atoms with E-state index in [4.69, 9.17) is 4.74 Å². The molecule has 1 aliphatic heterocycles. The summed E-state index contributed by atoms with van der Waals surface area (Å²) in [6, 6.07) is 14.0. The van der Waals surface area contributed by atoms with Crippen LogP contribution in [0.4, 0.5) is 5.69 Å². The lowest BCUT2D eigenvalue weighted by Gasteiger charge is -2.15. The summed E-state index contributed by atoms with van der Waals surface area (Å²) >= 11 is 1.40. The number of fused-ring (bicyclic) bond motifs is 1. The van der Waals surface area contributed by atoms with E-state index in [0.717, 1.165) is 16.9 Å². The van der Waals surface area contributed by atoms with Crippen molar-refractivity contribution in [2.45, 2.75) is 24.3 Å². The quantitative estimate of drug-likeness (QED) is 0.496. The van der Waals surface area contributed by atoms with Gasteiger partial charge in [0.25, 0.3) is 0 Å². The van der Waals surface area contributed by atoms with Gasteiger partial charge in [-0.3, -0.25) is 9.59 Å². The number of aromatic amines is 1. The van der Waals surface area contributed by atoms with E-state index in [-0.39, 0.29) is 24.8 Å². The number of thioether (sulfide) groups is 1. The Morgan fingerprint density at radius 2 is 1.97 bits per heavy atom. The summed E-state index contributed by atoms with van der Waals surface area (Å²) in [4.78, 5) is 45.9. The first-order valence-electron chi connectivity index (χ1n) is 9.26. The first kappa shape index (κ1) is 19.2. The van der Waals surface area contributed by atoms with Crippen molar-refractivity contribution in [1.29, 1.82) is 0 Å². The number of hydrogen-bond donors (Lipinski definition) is 1. The van der Waals surface area contributed by atoms with Gasteiger partial charge in [0, 0.05) is 6.42 Å². The molecular weight excluding hydrogens is 390 g/mol. The number of imidazole rings is 1. The second kappa shape index (κ2) is 8.08. The van der Waals surface area contributed by atoms with Gasteiger partial charge in [-0.2, -0.15) is 0 Å². The molecule has 1 aromatic heterocycles. The zero-order valence-electron chi connectivity index (χ0n) is 15.8. The third kappa shape index (κ3) is 3.88. The van der Waals surface area contributed by atoms with Gasteiger partial charge in [-0.05, 0) is 43.3 Å². The van der Waals surface area contributed by atoms with Crippen LogP contribution in [0, 0.1) is 0 Å². The molecule has 3 aromatic rings. The van der Waals surface area contributed by atoms with Gasteiger partial charge in [-0.1, -0.05) is 12.1 Å². The van der Waals surface area contributed by atoms with Crippen molar-refractivity contribution in [1.82, 2.24) is 9.97 Å². The monoisotopic (exact) mass is 409 g/mol. The number of benzene rings is 2. The molecule has 1 atom stereocenters. The van der Waals surface area contributed by atoms with Crippen LogP contribution in [-0.4, -0.2) is 39.6 Å². The van der Waals surface area contributed by atoms with Crippen molar-refractivity contribution < 1.29 is 19.1 Å². The number of carbonyl (C=O) groups excluding carboxylic acids is 3. The second-order valence-electron chi connectivity index (χ2n) is 6.54. The van der Waals surface area contributed by atoms with Crippen LogP contribution in [-0.2, 0) is 20.1 Å². The summed E-state index contributed by atoms with van der Waals surface area (Å²) in [5.74, 6) is 0.348. The van der Waals surface area contributed by atoms with Crippen LogP contribution in [0.1, 0.15) is 29.5 Å². The van der Waals surface area contributed by atoms with Gasteiger partial charge in [-0.25, -0.2) is 14.7 Å². The third-order valence-electron chi connectivity index (χ3n) is 4.60. The zero-order chi connectivity index (χ0) is 20.4. The molecule has 7 nitrogen and oxygen atoms in total. The van der Waals surface area contributed by atoms with E-state index >= 15 is 0 Å². The molecule has 2 aromatic carbocycles. The molecule has 1 fully saturated rings. The summed E-state index contributed by atoms with van der Waals surface area (Å²) in [6.45, 7) is 2.02.